The van der Waals surface area contributed by atoms with Crippen molar-refractivity contribution in [2.24, 2.45) is 19.1 Å². The molecule has 0 saturated heterocycles. The Morgan fingerprint density at radius 2 is 1.81 bits per heavy atom. The highest BCUT2D eigenvalue weighted by atomic mass is 16.4. The standard InChI is InChI=1S/C11H13N3O7/c1-13-8(17)5(9(18)14(2)11(13)21)4-12-6(10(19)20)3-7(15)16/h4,6,17H,3H2,1-2H3,(H,15,16)(H,19,20). The Morgan fingerprint density at radius 1 is 1.24 bits per heavy atom. The zero-order chi connectivity index (χ0) is 16.3. The molecule has 1 unspecified atom stereocenters. The lowest BCUT2D eigenvalue weighted by molar-refractivity contribution is -0.144. The number of aromatic hydroxyl groups is 1. The van der Waals surface area contributed by atoms with Crippen LogP contribution in [0.25, 0.3) is 0 Å². The number of carbonyl (C=O) groups is 2. The molecule has 0 aromatic carbocycles. The van der Waals surface area contributed by atoms with Crippen molar-refractivity contribution < 1.29 is 24.9 Å². The molecular weight excluding hydrogens is 286 g/mol. The summed E-state index contributed by atoms with van der Waals surface area (Å²) in [6.07, 6.45) is -0.0302. The number of rotatable bonds is 5. The zero-order valence-corrected chi connectivity index (χ0v) is 11.2. The van der Waals surface area contributed by atoms with Crippen molar-refractivity contribution in [2.45, 2.75) is 12.5 Å². The highest BCUT2D eigenvalue weighted by molar-refractivity contribution is 5.87. The molecular formula is C11H13N3O7. The molecule has 0 amide bonds. The summed E-state index contributed by atoms with van der Waals surface area (Å²) in [7, 11) is 2.38. The molecule has 0 aliphatic heterocycles. The highest BCUT2D eigenvalue weighted by Gasteiger charge is 2.20. The van der Waals surface area contributed by atoms with Gasteiger partial charge in [-0.1, -0.05) is 0 Å². The maximum atomic E-state index is 11.8. The number of hydrogen-bond acceptors (Lipinski definition) is 6. The van der Waals surface area contributed by atoms with E-state index in [4.69, 9.17) is 10.2 Å². The van der Waals surface area contributed by atoms with Crippen molar-refractivity contribution in [3.8, 4) is 5.88 Å². The van der Waals surface area contributed by atoms with E-state index >= 15 is 0 Å². The topological polar surface area (TPSA) is 151 Å². The molecule has 1 aromatic rings. The minimum Gasteiger partial charge on any atom is -0.494 e. The molecule has 0 fully saturated rings. The zero-order valence-electron chi connectivity index (χ0n) is 11.2. The average molecular weight is 299 g/mol. The van der Waals surface area contributed by atoms with Gasteiger partial charge in [0.1, 0.15) is 5.56 Å². The Labute approximate surface area is 117 Å². The van der Waals surface area contributed by atoms with Crippen LogP contribution >= 0.6 is 0 Å². The Kier molecular flexibility index (Phi) is 4.64. The lowest BCUT2D eigenvalue weighted by Gasteiger charge is -2.08. The van der Waals surface area contributed by atoms with Gasteiger partial charge in [-0.3, -0.25) is 23.7 Å². The van der Waals surface area contributed by atoms with E-state index in [1.807, 2.05) is 0 Å². The summed E-state index contributed by atoms with van der Waals surface area (Å²) in [6, 6.07) is -1.61. The van der Waals surface area contributed by atoms with Crippen LogP contribution in [0.3, 0.4) is 0 Å². The van der Waals surface area contributed by atoms with Crippen LogP contribution < -0.4 is 11.2 Å². The number of nitrogens with zero attached hydrogens (tertiary/aromatic N) is 3. The van der Waals surface area contributed by atoms with Gasteiger partial charge in [0.25, 0.3) is 5.56 Å². The van der Waals surface area contributed by atoms with Crippen LogP contribution in [-0.4, -0.2) is 48.6 Å². The van der Waals surface area contributed by atoms with Gasteiger partial charge in [0.15, 0.2) is 6.04 Å². The van der Waals surface area contributed by atoms with E-state index in [1.165, 1.54) is 14.1 Å². The largest absolute Gasteiger partial charge is 0.494 e. The third-order valence-corrected chi connectivity index (χ3v) is 2.70. The SMILES string of the molecule is Cn1c(O)c(C=NC(CC(=O)O)C(=O)O)c(=O)n(C)c1=O. The minimum absolute atomic E-state index is 0.406. The summed E-state index contributed by atoms with van der Waals surface area (Å²) < 4.78 is 1.48. The minimum atomic E-state index is -1.61. The number of aromatic nitrogens is 2. The summed E-state index contributed by atoms with van der Waals surface area (Å²) in [6.45, 7) is 0. The molecule has 0 spiro atoms. The van der Waals surface area contributed by atoms with Crippen LogP contribution in [0.4, 0.5) is 0 Å². The third kappa shape index (κ3) is 3.35. The molecule has 10 nitrogen and oxygen atoms in total. The maximum absolute atomic E-state index is 11.8. The van der Waals surface area contributed by atoms with Gasteiger partial charge in [-0.2, -0.15) is 0 Å². The van der Waals surface area contributed by atoms with Crippen molar-refractivity contribution in [2.75, 3.05) is 0 Å². The number of carboxylic acids is 2. The third-order valence-electron chi connectivity index (χ3n) is 2.70. The normalized spacial score (nSPS) is 12.5. The van der Waals surface area contributed by atoms with Crippen LogP contribution in [0.1, 0.15) is 12.0 Å². The van der Waals surface area contributed by atoms with E-state index in [-0.39, 0.29) is 0 Å². The maximum Gasteiger partial charge on any atom is 0.333 e. The van der Waals surface area contributed by atoms with Crippen LogP contribution in [0.15, 0.2) is 14.6 Å². The molecule has 3 N–H and O–H groups in total. The summed E-state index contributed by atoms with van der Waals surface area (Å²) in [5.41, 5.74) is -2.05. The molecule has 0 radical (unpaired) electrons. The van der Waals surface area contributed by atoms with Gasteiger partial charge in [-0.25, -0.2) is 9.59 Å². The van der Waals surface area contributed by atoms with Crippen molar-refractivity contribution >= 4 is 18.2 Å². The number of hydrogen-bond donors (Lipinski definition) is 3. The molecule has 21 heavy (non-hydrogen) atoms. The molecule has 1 rings (SSSR count). The molecule has 10 heteroatoms. The van der Waals surface area contributed by atoms with Crippen molar-refractivity contribution in [3.63, 3.8) is 0 Å². The van der Waals surface area contributed by atoms with Gasteiger partial charge in [-0.05, 0) is 0 Å². The Morgan fingerprint density at radius 3 is 2.29 bits per heavy atom. The Bertz CT molecular complexity index is 729. The highest BCUT2D eigenvalue weighted by Crippen LogP contribution is 2.07. The average Bonchev–Trinajstić information content (AvgIpc) is 2.41. The van der Waals surface area contributed by atoms with Gasteiger partial charge < -0.3 is 15.3 Å². The summed E-state index contributed by atoms with van der Waals surface area (Å²) in [4.78, 5) is 48.1. The molecule has 114 valence electrons. The van der Waals surface area contributed by atoms with Crippen LogP contribution in [-0.2, 0) is 23.7 Å². The first kappa shape index (κ1) is 16.1. The summed E-state index contributed by atoms with van der Waals surface area (Å²) >= 11 is 0. The van der Waals surface area contributed by atoms with E-state index in [9.17, 15) is 24.3 Å². The van der Waals surface area contributed by atoms with Crippen LogP contribution in [0.5, 0.6) is 5.88 Å². The lowest BCUT2D eigenvalue weighted by atomic mass is 10.2. The molecule has 0 bridgehead atoms. The van der Waals surface area contributed by atoms with Crippen LogP contribution in [0.2, 0.25) is 0 Å². The van der Waals surface area contributed by atoms with Crippen molar-refractivity contribution in [3.05, 3.63) is 26.4 Å². The number of aliphatic carboxylic acids is 2. The fraction of sp³-hybridized carbons (Fsp3) is 0.364. The molecule has 0 saturated carbocycles. The van der Waals surface area contributed by atoms with Crippen molar-refractivity contribution in [1.29, 1.82) is 0 Å². The van der Waals surface area contributed by atoms with Gasteiger partial charge in [0, 0.05) is 20.3 Å². The molecule has 1 heterocycles. The molecule has 1 atom stereocenters. The molecule has 0 aliphatic carbocycles. The summed E-state index contributed by atoms with van der Waals surface area (Å²) in [5, 5.41) is 27.1. The van der Waals surface area contributed by atoms with E-state index in [2.05, 4.69) is 4.99 Å². The van der Waals surface area contributed by atoms with E-state index < -0.39 is 47.1 Å². The van der Waals surface area contributed by atoms with Gasteiger partial charge in [0.05, 0.1) is 6.42 Å². The first-order chi connectivity index (χ1) is 9.66. The molecule has 0 aliphatic rings. The van der Waals surface area contributed by atoms with E-state index in [1.54, 1.807) is 0 Å². The van der Waals surface area contributed by atoms with Gasteiger partial charge >= 0.3 is 17.6 Å². The van der Waals surface area contributed by atoms with Crippen molar-refractivity contribution in [1.82, 2.24) is 9.13 Å². The van der Waals surface area contributed by atoms with Crippen LogP contribution in [0, 0.1) is 0 Å². The first-order valence-corrected chi connectivity index (χ1v) is 5.63. The number of carboxylic acid groups (broad SMARTS) is 2. The van der Waals surface area contributed by atoms with Gasteiger partial charge in [0.2, 0.25) is 5.88 Å². The summed E-state index contributed by atoms with van der Waals surface area (Å²) in [5.74, 6) is -3.56. The smallest absolute Gasteiger partial charge is 0.333 e. The van der Waals surface area contributed by atoms with Gasteiger partial charge in [-0.15, -0.1) is 0 Å². The fourth-order valence-corrected chi connectivity index (χ4v) is 1.51. The lowest BCUT2D eigenvalue weighted by Crippen LogP contribution is -2.38. The second kappa shape index (κ2) is 6.03. The molecule has 1 aromatic heterocycles. The second-order valence-corrected chi connectivity index (χ2v) is 4.17. The Hall–Kier alpha value is -2.91. The predicted molar refractivity (Wildman–Crippen MR) is 69.9 cm³/mol. The second-order valence-electron chi connectivity index (χ2n) is 4.17. The quantitative estimate of drug-likeness (QED) is 0.539. The predicted octanol–water partition coefficient (Wildman–Crippen LogP) is -1.86. The number of aliphatic imine (C=N–C) groups is 1. The fourth-order valence-electron chi connectivity index (χ4n) is 1.51. The van der Waals surface area contributed by atoms with E-state index in [0.717, 1.165) is 10.8 Å². The monoisotopic (exact) mass is 299 g/mol. The Balaban J connectivity index is 3.33. The van der Waals surface area contributed by atoms with E-state index in [0.29, 0.717) is 4.57 Å². The first-order valence-electron chi connectivity index (χ1n) is 5.63.